The van der Waals surface area contributed by atoms with Gasteiger partial charge in [-0.25, -0.2) is 4.68 Å². The largest absolute Gasteiger partial charge is 0.342 e. The first-order chi connectivity index (χ1) is 16.6. The van der Waals surface area contributed by atoms with Crippen molar-refractivity contribution in [3.8, 4) is 0 Å². The third-order valence-electron chi connectivity index (χ3n) is 7.20. The van der Waals surface area contributed by atoms with Crippen LogP contribution < -0.4 is 5.32 Å². The van der Waals surface area contributed by atoms with Gasteiger partial charge in [0.1, 0.15) is 5.82 Å². The fourth-order valence-corrected chi connectivity index (χ4v) is 5.34. The minimum Gasteiger partial charge on any atom is -0.342 e. The number of rotatable bonds is 5. The zero-order chi connectivity index (χ0) is 23.5. The Labute approximate surface area is 201 Å². The van der Waals surface area contributed by atoms with E-state index >= 15 is 0 Å². The minimum absolute atomic E-state index is 0.0221. The zero-order valence-electron chi connectivity index (χ0n) is 19.7. The third kappa shape index (κ3) is 4.63. The van der Waals surface area contributed by atoms with Gasteiger partial charge in [0.25, 0.3) is 0 Å². The van der Waals surface area contributed by atoms with Crippen molar-refractivity contribution in [2.24, 2.45) is 5.92 Å². The van der Waals surface area contributed by atoms with Crippen molar-refractivity contribution in [3.05, 3.63) is 83.0 Å². The van der Waals surface area contributed by atoms with E-state index in [2.05, 4.69) is 34.7 Å². The van der Waals surface area contributed by atoms with Gasteiger partial charge < -0.3 is 10.2 Å². The molecule has 0 spiro atoms. The van der Waals surface area contributed by atoms with Crippen LogP contribution in [0.25, 0.3) is 0 Å². The highest BCUT2D eigenvalue weighted by atomic mass is 16.2. The van der Waals surface area contributed by atoms with Crippen molar-refractivity contribution >= 4 is 17.6 Å². The van der Waals surface area contributed by atoms with Crippen LogP contribution in [0.2, 0.25) is 0 Å². The number of carbonyl (C=O) groups is 2. The Morgan fingerprint density at radius 3 is 2.68 bits per heavy atom. The smallest absolute Gasteiger partial charge is 0.230 e. The normalized spacial score (nSPS) is 20.0. The lowest BCUT2D eigenvalue weighted by Gasteiger charge is -2.32. The molecule has 1 aliphatic carbocycles. The molecule has 2 amide bonds. The van der Waals surface area contributed by atoms with Crippen LogP contribution in [0.1, 0.15) is 54.0 Å². The number of nitrogens with one attached hydrogen (secondary N) is 1. The average molecular weight is 457 g/mol. The molecule has 1 saturated heterocycles. The van der Waals surface area contributed by atoms with Gasteiger partial charge in [0.15, 0.2) is 0 Å². The highest BCUT2D eigenvalue weighted by molar-refractivity contribution is 5.93. The van der Waals surface area contributed by atoms with Crippen LogP contribution in [0, 0.1) is 12.8 Å². The number of benzene rings is 2. The fraction of sp³-hybridized carbons (Fsp3) is 0.393. The maximum atomic E-state index is 13.3. The zero-order valence-corrected chi connectivity index (χ0v) is 19.7. The number of amides is 2. The highest BCUT2D eigenvalue weighted by Crippen LogP contribution is 2.35. The molecular weight excluding hydrogens is 424 g/mol. The lowest BCUT2D eigenvalue weighted by atomic mass is 9.88. The summed E-state index contributed by atoms with van der Waals surface area (Å²) in [5, 5.41) is 7.85. The summed E-state index contributed by atoms with van der Waals surface area (Å²) in [6.45, 7) is 3.17. The number of hydrogen-bond acceptors (Lipinski definition) is 3. The summed E-state index contributed by atoms with van der Waals surface area (Å²) in [6, 6.07) is 18.5. The second-order valence-corrected chi connectivity index (χ2v) is 9.56. The Hall–Kier alpha value is -3.41. The van der Waals surface area contributed by atoms with E-state index in [1.807, 2.05) is 53.0 Å². The SMILES string of the molecule is Cc1cnn(C2CCCc3ccccc32)c1NC(=O)C1CCCN(C(=O)Cc2ccccc2)C1. The van der Waals surface area contributed by atoms with E-state index < -0.39 is 0 Å². The Morgan fingerprint density at radius 1 is 1.03 bits per heavy atom. The lowest BCUT2D eigenvalue weighted by Crippen LogP contribution is -2.44. The molecule has 0 bridgehead atoms. The van der Waals surface area contributed by atoms with Crippen LogP contribution in [-0.4, -0.2) is 39.6 Å². The van der Waals surface area contributed by atoms with Gasteiger partial charge >= 0.3 is 0 Å². The van der Waals surface area contributed by atoms with Crippen molar-refractivity contribution in [3.63, 3.8) is 0 Å². The number of fused-ring (bicyclic) bond motifs is 1. The molecule has 0 saturated carbocycles. The van der Waals surface area contributed by atoms with E-state index in [1.54, 1.807) is 0 Å². The third-order valence-corrected chi connectivity index (χ3v) is 7.20. The number of carbonyl (C=O) groups excluding carboxylic acids is 2. The van der Waals surface area contributed by atoms with Crippen molar-refractivity contribution in [2.75, 3.05) is 18.4 Å². The number of hydrogen-bond donors (Lipinski definition) is 1. The van der Waals surface area contributed by atoms with Crippen LogP contribution in [0.5, 0.6) is 0 Å². The van der Waals surface area contributed by atoms with Crippen LogP contribution >= 0.6 is 0 Å². The molecule has 34 heavy (non-hydrogen) atoms. The lowest BCUT2D eigenvalue weighted by molar-refractivity contribution is -0.133. The highest BCUT2D eigenvalue weighted by Gasteiger charge is 2.31. The van der Waals surface area contributed by atoms with Crippen molar-refractivity contribution in [1.82, 2.24) is 14.7 Å². The Kier molecular flexibility index (Phi) is 6.48. The molecule has 1 N–H and O–H groups in total. The molecule has 2 aliphatic rings. The Bertz CT molecular complexity index is 1170. The maximum absolute atomic E-state index is 13.3. The maximum Gasteiger partial charge on any atom is 0.230 e. The van der Waals surface area contributed by atoms with Gasteiger partial charge in [-0.1, -0.05) is 54.6 Å². The first kappa shape index (κ1) is 22.4. The first-order valence-electron chi connectivity index (χ1n) is 12.3. The minimum atomic E-state index is -0.213. The van der Waals surface area contributed by atoms with Gasteiger partial charge in [-0.05, 0) is 55.7 Å². The molecule has 176 valence electrons. The van der Waals surface area contributed by atoms with Crippen LogP contribution in [0.4, 0.5) is 5.82 Å². The van der Waals surface area contributed by atoms with E-state index in [0.717, 1.165) is 49.0 Å². The van der Waals surface area contributed by atoms with Gasteiger partial charge in [-0.3, -0.25) is 9.59 Å². The van der Waals surface area contributed by atoms with Crippen molar-refractivity contribution in [1.29, 1.82) is 0 Å². The van der Waals surface area contributed by atoms with E-state index in [-0.39, 0.29) is 23.8 Å². The van der Waals surface area contributed by atoms with Crippen LogP contribution in [-0.2, 0) is 22.4 Å². The molecule has 2 aromatic carbocycles. The topological polar surface area (TPSA) is 67.2 Å². The van der Waals surface area contributed by atoms with Gasteiger partial charge in [0.2, 0.25) is 11.8 Å². The average Bonchev–Trinajstić information content (AvgIpc) is 3.24. The summed E-state index contributed by atoms with van der Waals surface area (Å²) in [5.41, 5.74) is 4.63. The summed E-state index contributed by atoms with van der Waals surface area (Å²) < 4.78 is 1.99. The van der Waals surface area contributed by atoms with Gasteiger partial charge in [-0.2, -0.15) is 5.10 Å². The molecule has 1 fully saturated rings. The molecule has 6 heteroatoms. The number of piperidine rings is 1. The molecule has 2 unspecified atom stereocenters. The van der Waals surface area contributed by atoms with Crippen LogP contribution in [0.15, 0.2) is 60.8 Å². The standard InChI is InChI=1S/C28H32N4O2/c1-20-18-29-32(25-15-7-12-22-11-5-6-14-24(22)25)27(20)30-28(34)23-13-8-16-31(19-23)26(33)17-21-9-3-2-4-10-21/h2-6,9-11,14,18,23,25H,7-8,12-13,15-17,19H2,1H3,(H,30,34). The first-order valence-corrected chi connectivity index (χ1v) is 12.3. The molecule has 5 rings (SSSR count). The molecule has 1 aromatic heterocycles. The van der Waals surface area contributed by atoms with Gasteiger partial charge in [0.05, 0.1) is 24.6 Å². The van der Waals surface area contributed by atoms with Crippen LogP contribution in [0.3, 0.4) is 0 Å². The molecule has 1 aliphatic heterocycles. The second-order valence-electron chi connectivity index (χ2n) is 9.56. The van der Waals surface area contributed by atoms with E-state index in [0.29, 0.717) is 19.5 Å². The van der Waals surface area contributed by atoms with E-state index in [9.17, 15) is 9.59 Å². The summed E-state index contributed by atoms with van der Waals surface area (Å²) in [5.74, 6) is 0.629. The van der Waals surface area contributed by atoms with E-state index in [1.165, 1.54) is 11.1 Å². The number of aryl methyl sites for hydroxylation is 2. The fourth-order valence-electron chi connectivity index (χ4n) is 5.34. The molecule has 6 nitrogen and oxygen atoms in total. The summed E-state index contributed by atoms with van der Waals surface area (Å²) in [4.78, 5) is 28.0. The molecule has 3 aromatic rings. The van der Waals surface area contributed by atoms with E-state index in [4.69, 9.17) is 0 Å². The molecule has 2 atom stereocenters. The number of anilines is 1. The molecular formula is C28H32N4O2. The number of aromatic nitrogens is 2. The Morgan fingerprint density at radius 2 is 1.82 bits per heavy atom. The second kappa shape index (κ2) is 9.84. The number of likely N-dealkylation sites (tertiary alicyclic amines) is 1. The summed E-state index contributed by atoms with van der Waals surface area (Å²) >= 11 is 0. The van der Waals surface area contributed by atoms with Gasteiger partial charge in [0, 0.05) is 18.7 Å². The summed E-state index contributed by atoms with van der Waals surface area (Å²) in [7, 11) is 0. The Balaban J connectivity index is 1.29. The number of nitrogens with zero attached hydrogens (tertiary/aromatic N) is 3. The van der Waals surface area contributed by atoms with Gasteiger partial charge in [-0.15, -0.1) is 0 Å². The summed E-state index contributed by atoms with van der Waals surface area (Å²) in [6.07, 6.45) is 7.05. The quantitative estimate of drug-likeness (QED) is 0.613. The monoisotopic (exact) mass is 456 g/mol. The van der Waals surface area contributed by atoms with Crippen molar-refractivity contribution in [2.45, 2.75) is 51.5 Å². The molecule has 2 heterocycles. The predicted octanol–water partition coefficient (Wildman–Crippen LogP) is 4.54. The predicted molar refractivity (Wildman–Crippen MR) is 133 cm³/mol. The molecule has 0 radical (unpaired) electrons. The van der Waals surface area contributed by atoms with Crippen molar-refractivity contribution < 1.29 is 9.59 Å².